The molecule has 0 saturated carbocycles. The number of rotatable bonds is 7. The zero-order chi connectivity index (χ0) is 19.9. The molecule has 28 heavy (non-hydrogen) atoms. The maximum absolute atomic E-state index is 12.6. The molecule has 0 heterocycles. The van der Waals surface area contributed by atoms with Gasteiger partial charge in [-0.2, -0.15) is 8.78 Å². The van der Waals surface area contributed by atoms with Crippen molar-refractivity contribution in [1.82, 2.24) is 0 Å². The van der Waals surface area contributed by atoms with Gasteiger partial charge in [-0.05, 0) is 28.5 Å². The van der Waals surface area contributed by atoms with Gasteiger partial charge < -0.3 is 10.1 Å². The van der Waals surface area contributed by atoms with Crippen LogP contribution in [0.15, 0.2) is 71.6 Å². The van der Waals surface area contributed by atoms with Crippen LogP contribution in [0.25, 0.3) is 10.8 Å². The van der Waals surface area contributed by atoms with Crippen molar-refractivity contribution in [2.24, 2.45) is 0 Å². The van der Waals surface area contributed by atoms with Gasteiger partial charge in [-0.25, -0.2) is 0 Å². The van der Waals surface area contributed by atoms with E-state index < -0.39 is 24.2 Å². The van der Waals surface area contributed by atoms with Crippen LogP contribution in [0, 0.1) is 0 Å². The molecule has 1 N–H and O–H groups in total. The number of alkyl halides is 2. The molecule has 0 atom stereocenters. The van der Waals surface area contributed by atoms with Gasteiger partial charge in [-0.1, -0.05) is 66.4 Å². The Kier molecular flexibility index (Phi) is 6.60. The van der Waals surface area contributed by atoms with Gasteiger partial charge in [0.2, 0.25) is 0 Å². The van der Waals surface area contributed by atoms with E-state index in [2.05, 4.69) is 5.32 Å². The van der Waals surface area contributed by atoms with Crippen molar-refractivity contribution in [1.29, 1.82) is 0 Å². The molecular weight excluding hydrogens is 384 g/mol. The Morgan fingerprint density at radius 3 is 2.50 bits per heavy atom. The predicted molar refractivity (Wildman–Crippen MR) is 106 cm³/mol. The van der Waals surface area contributed by atoms with E-state index in [1.165, 1.54) is 12.1 Å². The number of esters is 1. The molecule has 0 radical (unpaired) electrons. The molecule has 0 unspecified atom stereocenters. The fourth-order valence-electron chi connectivity index (χ4n) is 2.75. The lowest BCUT2D eigenvalue weighted by atomic mass is 10.0. The number of hydrogen-bond donors (Lipinski definition) is 1. The van der Waals surface area contributed by atoms with Crippen molar-refractivity contribution in [3.8, 4) is 0 Å². The fraction of sp³-hybridized carbons (Fsp3) is 0.143. The first-order chi connectivity index (χ1) is 13.5. The number of anilines is 1. The minimum Gasteiger partial charge on any atom is -0.455 e. The minimum absolute atomic E-state index is 0.0342. The Hall–Kier alpha value is -2.93. The van der Waals surface area contributed by atoms with Crippen LogP contribution in [0.3, 0.4) is 0 Å². The largest absolute Gasteiger partial charge is 0.455 e. The highest BCUT2D eigenvalue weighted by atomic mass is 32.2. The third-order valence-electron chi connectivity index (χ3n) is 3.96. The van der Waals surface area contributed by atoms with Gasteiger partial charge in [0.15, 0.2) is 6.61 Å². The monoisotopic (exact) mass is 401 g/mol. The van der Waals surface area contributed by atoms with Gasteiger partial charge in [0, 0.05) is 4.90 Å². The molecule has 0 aliphatic heterocycles. The summed E-state index contributed by atoms with van der Waals surface area (Å²) in [5, 5.41) is 4.46. The number of carbonyl (C=O) groups excluding carboxylic acids is 2. The van der Waals surface area contributed by atoms with E-state index in [0.29, 0.717) is 11.8 Å². The van der Waals surface area contributed by atoms with Crippen molar-refractivity contribution in [3.63, 3.8) is 0 Å². The molecule has 1 amide bonds. The van der Waals surface area contributed by atoms with E-state index in [1.54, 1.807) is 12.1 Å². The van der Waals surface area contributed by atoms with E-state index in [0.717, 1.165) is 16.3 Å². The van der Waals surface area contributed by atoms with E-state index in [-0.39, 0.29) is 17.0 Å². The molecule has 3 aromatic carbocycles. The highest BCUT2D eigenvalue weighted by Gasteiger charge is 2.14. The highest BCUT2D eigenvalue weighted by molar-refractivity contribution is 7.99. The van der Waals surface area contributed by atoms with Crippen LogP contribution in [0.5, 0.6) is 0 Å². The average molecular weight is 401 g/mol. The zero-order valence-corrected chi connectivity index (χ0v) is 15.5. The first kappa shape index (κ1) is 19.8. The second-order valence-corrected chi connectivity index (χ2v) is 6.93. The first-order valence-electron chi connectivity index (χ1n) is 8.49. The molecule has 0 aliphatic rings. The van der Waals surface area contributed by atoms with Crippen LogP contribution in [-0.4, -0.2) is 24.2 Å². The maximum atomic E-state index is 12.6. The lowest BCUT2D eigenvalue weighted by Crippen LogP contribution is -2.22. The summed E-state index contributed by atoms with van der Waals surface area (Å²) >= 11 is 0.338. The quantitative estimate of drug-likeness (QED) is 0.453. The summed E-state index contributed by atoms with van der Waals surface area (Å²) in [6.45, 7) is -0.489. The third-order valence-corrected chi connectivity index (χ3v) is 4.74. The Morgan fingerprint density at radius 2 is 1.68 bits per heavy atom. The summed E-state index contributed by atoms with van der Waals surface area (Å²) in [7, 11) is 0. The molecule has 7 heteroatoms. The normalized spacial score (nSPS) is 10.8. The van der Waals surface area contributed by atoms with E-state index in [4.69, 9.17) is 4.74 Å². The van der Waals surface area contributed by atoms with Crippen LogP contribution in [0.2, 0.25) is 0 Å². The van der Waals surface area contributed by atoms with Crippen molar-refractivity contribution in [2.75, 3.05) is 11.9 Å². The van der Waals surface area contributed by atoms with Crippen molar-refractivity contribution in [2.45, 2.75) is 17.1 Å². The Labute approximate surface area is 164 Å². The van der Waals surface area contributed by atoms with E-state index >= 15 is 0 Å². The molecule has 3 rings (SSSR count). The molecule has 144 valence electrons. The molecule has 0 aromatic heterocycles. The molecule has 0 aliphatic carbocycles. The van der Waals surface area contributed by atoms with E-state index in [9.17, 15) is 18.4 Å². The summed E-state index contributed by atoms with van der Waals surface area (Å²) in [5.74, 6) is -3.73. The molecule has 0 bridgehead atoms. The number of hydrogen-bond acceptors (Lipinski definition) is 4. The van der Waals surface area contributed by atoms with Crippen LogP contribution in [-0.2, 0) is 20.7 Å². The second kappa shape index (κ2) is 9.32. The smallest absolute Gasteiger partial charge is 0.310 e. The van der Waals surface area contributed by atoms with Gasteiger partial charge in [-0.3, -0.25) is 9.59 Å². The summed E-state index contributed by atoms with van der Waals surface area (Å²) in [6.07, 6.45) is 0.0342. The number of para-hydroxylation sites is 1. The highest BCUT2D eigenvalue weighted by Crippen LogP contribution is 2.31. The van der Waals surface area contributed by atoms with Gasteiger partial charge in [0.25, 0.3) is 11.7 Å². The predicted octanol–water partition coefficient (Wildman–Crippen LogP) is 4.88. The number of amides is 1. The Balaban J connectivity index is 1.57. The lowest BCUT2D eigenvalue weighted by molar-refractivity contribution is -0.146. The summed E-state index contributed by atoms with van der Waals surface area (Å²) in [4.78, 5) is 24.4. The number of fused-ring (bicyclic) bond motifs is 1. The molecule has 0 fully saturated rings. The Bertz CT molecular complexity index is 989. The van der Waals surface area contributed by atoms with Crippen LogP contribution >= 0.6 is 11.8 Å². The van der Waals surface area contributed by atoms with Crippen molar-refractivity contribution < 1.29 is 23.1 Å². The minimum atomic E-state index is -2.60. The average Bonchev–Trinajstić information content (AvgIpc) is 2.68. The van der Waals surface area contributed by atoms with Gasteiger partial charge >= 0.3 is 5.97 Å². The van der Waals surface area contributed by atoms with Crippen molar-refractivity contribution in [3.05, 3.63) is 72.3 Å². The maximum Gasteiger partial charge on any atom is 0.310 e. The lowest BCUT2D eigenvalue weighted by Gasteiger charge is -2.11. The van der Waals surface area contributed by atoms with Gasteiger partial charge in [-0.15, -0.1) is 0 Å². The second-order valence-electron chi connectivity index (χ2n) is 5.90. The number of ether oxygens (including phenoxy) is 1. The summed E-state index contributed by atoms with van der Waals surface area (Å²) in [5.41, 5.74) is 1.06. The van der Waals surface area contributed by atoms with Crippen molar-refractivity contribution >= 4 is 40.1 Å². The van der Waals surface area contributed by atoms with Gasteiger partial charge in [0.1, 0.15) is 0 Å². The number of benzene rings is 3. The third kappa shape index (κ3) is 5.29. The van der Waals surface area contributed by atoms with Crippen LogP contribution in [0.1, 0.15) is 5.56 Å². The van der Waals surface area contributed by atoms with Gasteiger partial charge in [0.05, 0.1) is 12.1 Å². The number of carbonyl (C=O) groups is 2. The van der Waals surface area contributed by atoms with Crippen LogP contribution in [0.4, 0.5) is 14.5 Å². The standard InChI is InChI=1S/C21H17F2NO3S/c22-21(23)28-18-11-4-3-10-17(18)24-19(25)13-27-20(26)12-15-8-5-7-14-6-1-2-9-16(14)15/h1-11,21H,12-13H2,(H,24,25). The molecule has 0 saturated heterocycles. The van der Waals surface area contributed by atoms with E-state index in [1.807, 2.05) is 42.5 Å². The summed E-state index contributed by atoms with van der Waals surface area (Å²) < 4.78 is 30.2. The molecule has 4 nitrogen and oxygen atoms in total. The SMILES string of the molecule is O=C(COC(=O)Cc1cccc2ccccc12)Nc1ccccc1SC(F)F. The summed E-state index contributed by atoms with van der Waals surface area (Å²) in [6, 6.07) is 19.5. The van der Waals surface area contributed by atoms with Crippen LogP contribution < -0.4 is 5.32 Å². The molecule has 0 spiro atoms. The molecule has 3 aromatic rings. The topological polar surface area (TPSA) is 55.4 Å². The number of halogens is 2. The Morgan fingerprint density at radius 1 is 0.964 bits per heavy atom. The number of thioether (sulfide) groups is 1. The zero-order valence-electron chi connectivity index (χ0n) is 14.7. The number of nitrogens with one attached hydrogen (secondary N) is 1. The molecular formula is C21H17F2NO3S. The first-order valence-corrected chi connectivity index (χ1v) is 9.37. The fourth-order valence-corrected chi connectivity index (χ4v) is 3.35.